The van der Waals surface area contributed by atoms with Crippen LogP contribution in [0.5, 0.6) is 0 Å². The number of hydrogen-bond acceptors (Lipinski definition) is 3. The van der Waals surface area contributed by atoms with E-state index >= 15 is 0 Å². The van der Waals surface area contributed by atoms with Crippen molar-refractivity contribution in [2.75, 3.05) is 17.1 Å². The van der Waals surface area contributed by atoms with Crippen LogP contribution in [0.1, 0.15) is 25.8 Å². The molecular formula is C14H21ClN2O3S. The summed E-state index contributed by atoms with van der Waals surface area (Å²) >= 11 is 6.03. The molecule has 0 bridgehead atoms. The lowest BCUT2D eigenvalue weighted by molar-refractivity contribution is -0.120. The number of anilines is 1. The number of nitrogens with one attached hydrogen (secondary N) is 1. The number of benzene rings is 1. The molecule has 1 amide bonds. The maximum atomic E-state index is 11.9. The van der Waals surface area contributed by atoms with Gasteiger partial charge in [0, 0.05) is 11.1 Å². The molecule has 0 radical (unpaired) electrons. The number of amides is 1. The van der Waals surface area contributed by atoms with E-state index in [1.165, 1.54) is 0 Å². The van der Waals surface area contributed by atoms with Gasteiger partial charge in [-0.15, -0.1) is 0 Å². The Hall–Kier alpha value is -1.27. The summed E-state index contributed by atoms with van der Waals surface area (Å²) in [5.74, 6) is -0.341. The second kappa shape index (κ2) is 7.13. The highest BCUT2D eigenvalue weighted by Crippen LogP contribution is 2.24. The average molecular weight is 333 g/mol. The highest BCUT2D eigenvalue weighted by Gasteiger charge is 2.21. The molecule has 1 rings (SSSR count). The highest BCUT2D eigenvalue weighted by atomic mass is 35.5. The standard InChI is InChI=1S/C14H21ClN2O3S/c1-5-11(3)16-14(18)9-17(21(4,19)20)12-7-6-10(2)13(15)8-12/h6-8,11H,5,9H2,1-4H3,(H,16,18)/t11-/m1/s1. The van der Waals surface area contributed by atoms with Crippen molar-refractivity contribution in [1.29, 1.82) is 0 Å². The van der Waals surface area contributed by atoms with Gasteiger partial charge in [-0.1, -0.05) is 24.6 Å². The molecule has 7 heteroatoms. The fraction of sp³-hybridized carbons (Fsp3) is 0.500. The molecule has 0 heterocycles. The van der Waals surface area contributed by atoms with Crippen molar-refractivity contribution in [3.63, 3.8) is 0 Å². The minimum Gasteiger partial charge on any atom is -0.352 e. The van der Waals surface area contributed by atoms with Crippen molar-refractivity contribution in [2.24, 2.45) is 0 Å². The predicted octanol–water partition coefficient (Wildman–Crippen LogP) is 2.33. The van der Waals surface area contributed by atoms with E-state index in [0.29, 0.717) is 10.7 Å². The predicted molar refractivity (Wildman–Crippen MR) is 86.3 cm³/mol. The van der Waals surface area contributed by atoms with Gasteiger partial charge >= 0.3 is 0 Å². The zero-order chi connectivity index (χ0) is 16.2. The van der Waals surface area contributed by atoms with Crippen LogP contribution in [0.15, 0.2) is 18.2 Å². The average Bonchev–Trinajstić information content (AvgIpc) is 2.38. The van der Waals surface area contributed by atoms with E-state index in [1.54, 1.807) is 18.2 Å². The number of halogens is 1. The van der Waals surface area contributed by atoms with Gasteiger partial charge in [-0.2, -0.15) is 0 Å². The summed E-state index contributed by atoms with van der Waals surface area (Å²) in [5, 5.41) is 3.21. The molecule has 0 fully saturated rings. The number of rotatable bonds is 6. The van der Waals surface area contributed by atoms with Crippen molar-refractivity contribution in [3.05, 3.63) is 28.8 Å². The van der Waals surface area contributed by atoms with Crippen LogP contribution >= 0.6 is 11.6 Å². The summed E-state index contributed by atoms with van der Waals surface area (Å²) < 4.78 is 24.9. The molecule has 0 aromatic heterocycles. The molecule has 0 aliphatic carbocycles. The summed E-state index contributed by atoms with van der Waals surface area (Å²) in [6, 6.07) is 4.91. The lowest BCUT2D eigenvalue weighted by Gasteiger charge is -2.23. The number of hydrogen-bond donors (Lipinski definition) is 1. The largest absolute Gasteiger partial charge is 0.352 e. The van der Waals surface area contributed by atoms with E-state index in [1.807, 2.05) is 20.8 Å². The van der Waals surface area contributed by atoms with E-state index in [2.05, 4.69) is 5.32 Å². The van der Waals surface area contributed by atoms with Gasteiger partial charge in [0.15, 0.2) is 0 Å². The van der Waals surface area contributed by atoms with Gasteiger partial charge in [-0.05, 0) is 38.0 Å². The van der Waals surface area contributed by atoms with Crippen molar-refractivity contribution < 1.29 is 13.2 Å². The molecule has 1 N–H and O–H groups in total. The molecule has 1 aromatic rings. The van der Waals surface area contributed by atoms with Crippen LogP contribution in [0.4, 0.5) is 5.69 Å². The number of carbonyl (C=O) groups is 1. The number of sulfonamides is 1. The maximum absolute atomic E-state index is 11.9. The van der Waals surface area contributed by atoms with E-state index < -0.39 is 10.0 Å². The molecule has 0 aliphatic heterocycles. The molecule has 0 aliphatic rings. The Balaban J connectivity index is 3.02. The fourth-order valence-corrected chi connectivity index (χ4v) is 2.71. The lowest BCUT2D eigenvalue weighted by atomic mass is 10.2. The quantitative estimate of drug-likeness (QED) is 0.869. The Bertz CT molecular complexity index is 617. The molecule has 0 spiro atoms. The Morgan fingerprint density at radius 2 is 2.05 bits per heavy atom. The van der Waals surface area contributed by atoms with Crippen molar-refractivity contribution in [3.8, 4) is 0 Å². The van der Waals surface area contributed by atoms with E-state index in [0.717, 1.165) is 22.5 Å². The smallest absolute Gasteiger partial charge is 0.240 e. The minimum atomic E-state index is -3.57. The van der Waals surface area contributed by atoms with Crippen LogP contribution < -0.4 is 9.62 Å². The van der Waals surface area contributed by atoms with Crippen LogP contribution in [-0.4, -0.2) is 33.2 Å². The molecule has 0 saturated heterocycles. The van der Waals surface area contributed by atoms with Gasteiger partial charge < -0.3 is 5.32 Å². The van der Waals surface area contributed by atoms with Gasteiger partial charge in [0.05, 0.1) is 11.9 Å². The Morgan fingerprint density at radius 3 is 2.52 bits per heavy atom. The van der Waals surface area contributed by atoms with Gasteiger partial charge in [0.1, 0.15) is 6.54 Å². The van der Waals surface area contributed by atoms with Crippen LogP contribution in [-0.2, 0) is 14.8 Å². The van der Waals surface area contributed by atoms with Crippen LogP contribution in [0.25, 0.3) is 0 Å². The SMILES string of the molecule is CC[C@@H](C)NC(=O)CN(c1ccc(C)c(Cl)c1)S(C)(=O)=O. The third-order valence-electron chi connectivity index (χ3n) is 3.15. The van der Waals surface area contributed by atoms with Crippen LogP contribution in [0.2, 0.25) is 5.02 Å². The molecule has 21 heavy (non-hydrogen) atoms. The first kappa shape index (κ1) is 17.8. The van der Waals surface area contributed by atoms with Gasteiger partial charge in [-0.25, -0.2) is 8.42 Å². The number of aryl methyl sites for hydroxylation is 1. The van der Waals surface area contributed by atoms with Crippen molar-refractivity contribution in [2.45, 2.75) is 33.2 Å². The molecule has 5 nitrogen and oxygen atoms in total. The van der Waals surface area contributed by atoms with Crippen LogP contribution in [0, 0.1) is 6.92 Å². The third-order valence-corrected chi connectivity index (χ3v) is 4.70. The maximum Gasteiger partial charge on any atom is 0.240 e. The Morgan fingerprint density at radius 1 is 1.43 bits per heavy atom. The second-order valence-corrected chi connectivity index (χ2v) is 7.39. The zero-order valence-electron chi connectivity index (χ0n) is 12.7. The molecule has 118 valence electrons. The van der Waals surface area contributed by atoms with Crippen molar-refractivity contribution >= 4 is 33.2 Å². The summed E-state index contributed by atoms with van der Waals surface area (Å²) in [6.45, 7) is 5.37. The Labute approximate surface area is 131 Å². The van der Waals surface area contributed by atoms with E-state index in [4.69, 9.17) is 11.6 Å². The molecule has 0 unspecified atom stereocenters. The second-order valence-electron chi connectivity index (χ2n) is 5.08. The first-order chi connectivity index (χ1) is 9.65. The summed E-state index contributed by atoms with van der Waals surface area (Å²) in [7, 11) is -3.57. The normalized spacial score (nSPS) is 12.8. The van der Waals surface area contributed by atoms with Gasteiger partial charge in [0.2, 0.25) is 15.9 Å². The highest BCUT2D eigenvalue weighted by molar-refractivity contribution is 7.92. The van der Waals surface area contributed by atoms with Crippen molar-refractivity contribution in [1.82, 2.24) is 5.32 Å². The molecule has 1 atom stereocenters. The summed E-state index contributed by atoms with van der Waals surface area (Å²) in [6.07, 6.45) is 1.85. The van der Waals surface area contributed by atoms with E-state index in [9.17, 15) is 13.2 Å². The van der Waals surface area contributed by atoms with Crippen LogP contribution in [0.3, 0.4) is 0 Å². The summed E-state index contributed by atoms with van der Waals surface area (Å²) in [5.41, 5.74) is 1.23. The molecule has 0 saturated carbocycles. The Kier molecular flexibility index (Phi) is 6.04. The molecular weight excluding hydrogens is 312 g/mol. The number of carbonyl (C=O) groups excluding carboxylic acids is 1. The topological polar surface area (TPSA) is 66.5 Å². The minimum absolute atomic E-state index is 0.000478. The van der Waals surface area contributed by atoms with Gasteiger partial charge in [-0.3, -0.25) is 9.10 Å². The lowest BCUT2D eigenvalue weighted by Crippen LogP contribution is -2.43. The monoisotopic (exact) mass is 332 g/mol. The number of nitrogens with zero attached hydrogens (tertiary/aromatic N) is 1. The molecule has 1 aromatic carbocycles. The zero-order valence-corrected chi connectivity index (χ0v) is 14.3. The van der Waals surface area contributed by atoms with E-state index in [-0.39, 0.29) is 18.5 Å². The first-order valence-electron chi connectivity index (χ1n) is 6.68. The summed E-state index contributed by atoms with van der Waals surface area (Å²) in [4.78, 5) is 11.9. The fourth-order valence-electron chi connectivity index (χ4n) is 1.69. The first-order valence-corrected chi connectivity index (χ1v) is 8.91. The third kappa shape index (κ3) is 5.21. The van der Waals surface area contributed by atoms with Gasteiger partial charge in [0.25, 0.3) is 0 Å².